The first-order chi connectivity index (χ1) is 7.25. The molecule has 0 atom stereocenters. The number of carboxylic acid groups (broad SMARTS) is 1. The summed E-state index contributed by atoms with van der Waals surface area (Å²) in [5.41, 5.74) is 1.81. The van der Waals surface area contributed by atoms with Crippen LogP contribution in [0.3, 0.4) is 0 Å². The predicted octanol–water partition coefficient (Wildman–Crippen LogP) is 0.0127. The quantitative estimate of drug-likeness (QED) is 0.757. The maximum Gasteiger partial charge on any atom is 0.341 e. The Bertz CT molecular complexity index is 380. The van der Waals surface area contributed by atoms with Crippen LogP contribution in [0.25, 0.3) is 0 Å². The van der Waals surface area contributed by atoms with E-state index in [1.54, 1.807) is 6.07 Å². The van der Waals surface area contributed by atoms with E-state index >= 15 is 0 Å². The van der Waals surface area contributed by atoms with Gasteiger partial charge in [-0.25, -0.2) is 4.79 Å². The number of carbonyl (C=O) groups is 1. The van der Waals surface area contributed by atoms with Crippen LogP contribution in [0.15, 0.2) is 6.07 Å². The van der Waals surface area contributed by atoms with Gasteiger partial charge >= 0.3 is 5.97 Å². The minimum absolute atomic E-state index is 0.224. The number of hydrogen-bond acceptors (Lipinski definition) is 5. The van der Waals surface area contributed by atoms with Crippen molar-refractivity contribution in [1.29, 1.82) is 0 Å². The molecule has 2 rings (SSSR count). The molecular formula is C9H10N2O4. The van der Waals surface area contributed by atoms with Gasteiger partial charge in [-0.15, -0.1) is 5.10 Å². The summed E-state index contributed by atoms with van der Waals surface area (Å²) in [7, 11) is 0. The minimum Gasteiger partial charge on any atom is -0.479 e. The van der Waals surface area contributed by atoms with Crippen molar-refractivity contribution in [3.05, 3.63) is 17.3 Å². The Morgan fingerprint density at radius 3 is 3.27 bits per heavy atom. The van der Waals surface area contributed by atoms with Crippen molar-refractivity contribution in [2.45, 2.75) is 13.0 Å². The van der Waals surface area contributed by atoms with Crippen molar-refractivity contribution < 1.29 is 19.4 Å². The molecule has 0 bridgehead atoms. The predicted molar refractivity (Wildman–Crippen MR) is 48.5 cm³/mol. The molecule has 1 aromatic rings. The van der Waals surface area contributed by atoms with Crippen LogP contribution in [0.5, 0.6) is 5.88 Å². The molecule has 1 aromatic heterocycles. The second-order valence-corrected chi connectivity index (χ2v) is 3.14. The monoisotopic (exact) mass is 210 g/mol. The van der Waals surface area contributed by atoms with Crippen LogP contribution >= 0.6 is 0 Å². The zero-order chi connectivity index (χ0) is 10.7. The van der Waals surface area contributed by atoms with Gasteiger partial charge < -0.3 is 14.6 Å². The molecule has 2 heterocycles. The zero-order valence-corrected chi connectivity index (χ0v) is 7.97. The van der Waals surface area contributed by atoms with Crippen molar-refractivity contribution in [1.82, 2.24) is 10.2 Å². The Morgan fingerprint density at radius 1 is 1.60 bits per heavy atom. The van der Waals surface area contributed by atoms with Gasteiger partial charge in [0.05, 0.1) is 18.9 Å². The average Bonchev–Trinajstić information content (AvgIpc) is 2.26. The molecule has 1 aliphatic heterocycles. The highest BCUT2D eigenvalue weighted by atomic mass is 16.5. The Labute approximate surface area is 85.8 Å². The summed E-state index contributed by atoms with van der Waals surface area (Å²) in [5, 5.41) is 16.1. The molecule has 0 radical (unpaired) electrons. The first kappa shape index (κ1) is 9.85. The van der Waals surface area contributed by atoms with E-state index in [2.05, 4.69) is 10.2 Å². The highest BCUT2D eigenvalue weighted by molar-refractivity contribution is 5.68. The third-order valence-corrected chi connectivity index (χ3v) is 2.02. The smallest absolute Gasteiger partial charge is 0.341 e. The number of carboxylic acids is 1. The fourth-order valence-electron chi connectivity index (χ4n) is 1.33. The van der Waals surface area contributed by atoms with E-state index in [0.717, 1.165) is 17.7 Å². The Morgan fingerprint density at radius 2 is 2.47 bits per heavy atom. The second-order valence-electron chi connectivity index (χ2n) is 3.14. The van der Waals surface area contributed by atoms with Crippen LogP contribution in [0.1, 0.15) is 11.3 Å². The van der Waals surface area contributed by atoms with Gasteiger partial charge in [0, 0.05) is 18.1 Å². The number of aliphatic carboxylic acids is 1. The van der Waals surface area contributed by atoms with Crippen molar-refractivity contribution in [2.24, 2.45) is 0 Å². The minimum atomic E-state index is -1.04. The summed E-state index contributed by atoms with van der Waals surface area (Å²) in [4.78, 5) is 10.3. The molecule has 80 valence electrons. The largest absolute Gasteiger partial charge is 0.479 e. The summed E-state index contributed by atoms with van der Waals surface area (Å²) in [5.74, 6) is -0.813. The number of ether oxygens (including phenoxy) is 2. The van der Waals surface area contributed by atoms with Crippen molar-refractivity contribution in [3.63, 3.8) is 0 Å². The van der Waals surface area contributed by atoms with Crippen LogP contribution in [-0.2, 0) is 22.6 Å². The van der Waals surface area contributed by atoms with E-state index in [4.69, 9.17) is 14.6 Å². The molecule has 15 heavy (non-hydrogen) atoms. The molecule has 1 aliphatic rings. The highest BCUT2D eigenvalue weighted by Crippen LogP contribution is 2.17. The van der Waals surface area contributed by atoms with Crippen LogP contribution in [0.4, 0.5) is 0 Å². The molecular weight excluding hydrogens is 200 g/mol. The van der Waals surface area contributed by atoms with Gasteiger partial charge in [0.15, 0.2) is 6.61 Å². The van der Waals surface area contributed by atoms with Gasteiger partial charge in [-0.1, -0.05) is 0 Å². The fraction of sp³-hybridized carbons (Fsp3) is 0.444. The molecule has 6 heteroatoms. The normalized spacial score (nSPS) is 14.4. The van der Waals surface area contributed by atoms with Crippen molar-refractivity contribution in [3.8, 4) is 5.88 Å². The molecule has 1 N–H and O–H groups in total. The fourth-order valence-corrected chi connectivity index (χ4v) is 1.33. The summed E-state index contributed by atoms with van der Waals surface area (Å²) in [6.07, 6.45) is 0.738. The Balaban J connectivity index is 2.10. The molecule has 0 aromatic carbocycles. The second kappa shape index (κ2) is 4.22. The molecule has 6 nitrogen and oxygen atoms in total. The van der Waals surface area contributed by atoms with E-state index in [9.17, 15) is 4.79 Å². The number of hydrogen-bond donors (Lipinski definition) is 1. The lowest BCUT2D eigenvalue weighted by atomic mass is 10.1. The average molecular weight is 210 g/mol. The standard InChI is InChI=1S/C9H10N2O4/c12-9(13)5-15-8-3-6-4-14-2-1-7(6)10-11-8/h3H,1-2,4-5H2,(H,12,13). The van der Waals surface area contributed by atoms with Crippen molar-refractivity contribution >= 4 is 5.97 Å². The molecule has 0 spiro atoms. The Kier molecular flexibility index (Phi) is 2.77. The van der Waals surface area contributed by atoms with Crippen LogP contribution in [0, 0.1) is 0 Å². The van der Waals surface area contributed by atoms with E-state index < -0.39 is 12.6 Å². The van der Waals surface area contributed by atoms with E-state index in [0.29, 0.717) is 13.2 Å². The number of nitrogens with zero attached hydrogens (tertiary/aromatic N) is 2. The topological polar surface area (TPSA) is 81.5 Å². The van der Waals surface area contributed by atoms with Crippen molar-refractivity contribution in [2.75, 3.05) is 13.2 Å². The lowest BCUT2D eigenvalue weighted by Crippen LogP contribution is -2.15. The van der Waals surface area contributed by atoms with Crippen LogP contribution < -0.4 is 4.74 Å². The highest BCUT2D eigenvalue weighted by Gasteiger charge is 2.13. The number of rotatable bonds is 3. The van der Waals surface area contributed by atoms with Gasteiger partial charge in [0.2, 0.25) is 5.88 Å². The maximum atomic E-state index is 10.3. The maximum absolute atomic E-state index is 10.3. The zero-order valence-electron chi connectivity index (χ0n) is 7.97. The number of aromatic nitrogens is 2. The molecule has 0 unspecified atom stereocenters. The Hall–Kier alpha value is -1.69. The van der Waals surface area contributed by atoms with Gasteiger partial charge in [0.1, 0.15) is 0 Å². The van der Waals surface area contributed by atoms with E-state index in [1.807, 2.05) is 0 Å². The van der Waals surface area contributed by atoms with Crippen LogP contribution in [0.2, 0.25) is 0 Å². The van der Waals surface area contributed by atoms with Gasteiger partial charge in [-0.3, -0.25) is 0 Å². The molecule has 0 saturated carbocycles. The third-order valence-electron chi connectivity index (χ3n) is 2.02. The third kappa shape index (κ3) is 2.41. The summed E-state index contributed by atoms with van der Waals surface area (Å²) in [6.45, 7) is 0.722. The molecule has 0 fully saturated rings. The summed E-state index contributed by atoms with van der Waals surface area (Å²) in [6, 6.07) is 1.67. The lowest BCUT2D eigenvalue weighted by Gasteiger charge is -2.14. The summed E-state index contributed by atoms with van der Waals surface area (Å²) < 4.78 is 10.1. The van der Waals surface area contributed by atoms with Gasteiger partial charge in [0.25, 0.3) is 0 Å². The first-order valence-electron chi connectivity index (χ1n) is 4.53. The molecule has 0 amide bonds. The molecule has 0 saturated heterocycles. The summed E-state index contributed by atoms with van der Waals surface area (Å²) >= 11 is 0. The number of fused-ring (bicyclic) bond motifs is 1. The van der Waals surface area contributed by atoms with Gasteiger partial charge in [-0.05, 0) is 0 Å². The van der Waals surface area contributed by atoms with Gasteiger partial charge in [-0.2, -0.15) is 5.10 Å². The SMILES string of the molecule is O=C(O)COc1cc2c(nn1)CCOC2. The van der Waals surface area contributed by atoms with E-state index in [1.165, 1.54) is 0 Å². The first-order valence-corrected chi connectivity index (χ1v) is 4.53. The van der Waals surface area contributed by atoms with E-state index in [-0.39, 0.29) is 5.88 Å². The van der Waals surface area contributed by atoms with Crippen LogP contribution in [-0.4, -0.2) is 34.5 Å². The molecule has 0 aliphatic carbocycles. The lowest BCUT2D eigenvalue weighted by molar-refractivity contribution is -0.139.